The molecule has 2 aromatic rings. The first kappa shape index (κ1) is 23.6. The molecule has 1 heterocycles. The Morgan fingerprint density at radius 1 is 1.09 bits per heavy atom. The van der Waals surface area contributed by atoms with Crippen molar-refractivity contribution >= 4 is 23.1 Å². The Morgan fingerprint density at radius 2 is 1.72 bits per heavy atom. The Kier molecular flexibility index (Phi) is 6.49. The molecular formula is C27H32NO4-. The summed E-state index contributed by atoms with van der Waals surface area (Å²) in [5.41, 5.74) is 7.57. The van der Waals surface area contributed by atoms with Gasteiger partial charge < -0.3 is 20.0 Å². The molecule has 32 heavy (non-hydrogen) atoms. The number of rotatable bonds is 5. The van der Waals surface area contributed by atoms with Gasteiger partial charge in [0.1, 0.15) is 5.75 Å². The fourth-order valence-electron chi connectivity index (χ4n) is 4.36. The molecule has 1 amide bonds. The molecule has 0 saturated heterocycles. The standard InChI is InChI=1S/C27H33NO4/c1-15(12-23(30)31)19-8-10-20(11-9-19)21-14-32-26-17(3)16(2)25(18(4)24(21)26)28-22(29)13-27(5,6)7/h8-12,21H,13-14H2,1-7H3,(H,28,29)(H,30,31)/p-1/b15-12+. The van der Waals surface area contributed by atoms with Crippen LogP contribution in [0.2, 0.25) is 0 Å². The summed E-state index contributed by atoms with van der Waals surface area (Å²) < 4.78 is 6.12. The number of carboxylic acid groups (broad SMARTS) is 1. The van der Waals surface area contributed by atoms with Crippen molar-refractivity contribution in [2.45, 2.75) is 60.8 Å². The topological polar surface area (TPSA) is 78.5 Å². The monoisotopic (exact) mass is 434 g/mol. The smallest absolute Gasteiger partial charge is 0.224 e. The normalized spacial score (nSPS) is 15.8. The Balaban J connectivity index is 1.98. The quantitative estimate of drug-likeness (QED) is 0.694. The van der Waals surface area contributed by atoms with Crippen molar-refractivity contribution in [2.75, 3.05) is 11.9 Å². The van der Waals surface area contributed by atoms with Crippen LogP contribution in [0.1, 0.15) is 73.4 Å². The molecule has 5 nitrogen and oxygen atoms in total. The number of benzene rings is 2. The third-order valence-electron chi connectivity index (χ3n) is 6.10. The van der Waals surface area contributed by atoms with Crippen molar-refractivity contribution in [3.63, 3.8) is 0 Å². The van der Waals surface area contributed by atoms with Gasteiger partial charge in [0.15, 0.2) is 0 Å². The highest BCUT2D eigenvalue weighted by Gasteiger charge is 2.32. The van der Waals surface area contributed by atoms with Crippen LogP contribution in [-0.2, 0) is 9.59 Å². The van der Waals surface area contributed by atoms with E-state index in [-0.39, 0.29) is 17.2 Å². The predicted molar refractivity (Wildman–Crippen MR) is 126 cm³/mol. The molecule has 0 spiro atoms. The van der Waals surface area contributed by atoms with Gasteiger partial charge in [0.2, 0.25) is 5.91 Å². The molecule has 3 rings (SSSR count). The lowest BCUT2D eigenvalue weighted by atomic mass is 9.85. The van der Waals surface area contributed by atoms with E-state index in [1.165, 1.54) is 0 Å². The first-order chi connectivity index (χ1) is 14.9. The Morgan fingerprint density at radius 3 is 2.28 bits per heavy atom. The Hall–Kier alpha value is -3.08. The Bertz CT molecular complexity index is 1090. The second-order valence-electron chi connectivity index (χ2n) is 9.91. The van der Waals surface area contributed by atoms with E-state index in [4.69, 9.17) is 4.74 Å². The van der Waals surface area contributed by atoms with E-state index in [9.17, 15) is 14.7 Å². The number of amides is 1. The molecule has 170 valence electrons. The number of carbonyl (C=O) groups excluding carboxylic acids is 2. The van der Waals surface area contributed by atoms with Crippen molar-refractivity contribution in [2.24, 2.45) is 5.41 Å². The number of fused-ring (bicyclic) bond motifs is 1. The number of anilines is 1. The maximum absolute atomic E-state index is 12.7. The molecule has 1 unspecified atom stereocenters. The van der Waals surface area contributed by atoms with Gasteiger partial charge in [0, 0.05) is 23.6 Å². The summed E-state index contributed by atoms with van der Waals surface area (Å²) in [6, 6.07) is 7.87. The van der Waals surface area contributed by atoms with Gasteiger partial charge in [-0.3, -0.25) is 4.79 Å². The van der Waals surface area contributed by atoms with E-state index in [1.807, 2.05) is 45.0 Å². The molecule has 1 aliphatic heterocycles. The summed E-state index contributed by atoms with van der Waals surface area (Å²) in [5, 5.41) is 14.0. The molecule has 0 bridgehead atoms. The highest BCUT2D eigenvalue weighted by Crippen LogP contribution is 2.47. The highest BCUT2D eigenvalue weighted by atomic mass is 16.5. The number of nitrogens with one attached hydrogen (secondary N) is 1. The molecule has 2 aromatic carbocycles. The summed E-state index contributed by atoms with van der Waals surface area (Å²) in [7, 11) is 0. The van der Waals surface area contributed by atoms with Crippen LogP contribution in [0.4, 0.5) is 5.69 Å². The van der Waals surface area contributed by atoms with Gasteiger partial charge in [-0.2, -0.15) is 0 Å². The van der Waals surface area contributed by atoms with Gasteiger partial charge in [0.25, 0.3) is 0 Å². The van der Waals surface area contributed by atoms with Crippen LogP contribution in [0, 0.1) is 26.2 Å². The van der Waals surface area contributed by atoms with Crippen LogP contribution in [0.5, 0.6) is 5.75 Å². The van der Waals surface area contributed by atoms with Crippen molar-refractivity contribution in [3.8, 4) is 5.75 Å². The molecule has 0 aliphatic carbocycles. The fraction of sp³-hybridized carbons (Fsp3) is 0.407. The summed E-state index contributed by atoms with van der Waals surface area (Å²) in [5.74, 6) is -0.247. The molecular weight excluding hydrogens is 402 g/mol. The summed E-state index contributed by atoms with van der Waals surface area (Å²) in [4.78, 5) is 23.5. The second kappa shape index (κ2) is 8.81. The number of hydrogen-bond acceptors (Lipinski definition) is 4. The number of hydrogen-bond donors (Lipinski definition) is 1. The number of allylic oxidation sites excluding steroid dienone is 1. The lowest BCUT2D eigenvalue weighted by molar-refractivity contribution is -0.297. The SMILES string of the molecule is C/C(=C\C(=O)[O-])c1ccc(C2COc3c(C)c(C)c(NC(=O)CC(C)(C)C)c(C)c32)cc1. The summed E-state index contributed by atoms with van der Waals surface area (Å²) in [6.07, 6.45) is 1.55. The van der Waals surface area contributed by atoms with Gasteiger partial charge >= 0.3 is 0 Å². The van der Waals surface area contributed by atoms with Crippen LogP contribution in [0.15, 0.2) is 30.3 Å². The third-order valence-corrected chi connectivity index (χ3v) is 6.10. The van der Waals surface area contributed by atoms with Gasteiger partial charge in [-0.05, 0) is 72.6 Å². The summed E-state index contributed by atoms with van der Waals surface area (Å²) >= 11 is 0. The zero-order valence-corrected chi connectivity index (χ0v) is 20.0. The van der Waals surface area contributed by atoms with Crippen LogP contribution < -0.4 is 15.2 Å². The predicted octanol–water partition coefficient (Wildman–Crippen LogP) is 4.66. The fourth-order valence-corrected chi connectivity index (χ4v) is 4.36. The Labute approximate surface area is 190 Å². The van der Waals surface area contributed by atoms with Crippen LogP contribution in [0.25, 0.3) is 5.57 Å². The van der Waals surface area contributed by atoms with Gasteiger partial charge in [-0.1, -0.05) is 45.0 Å². The highest BCUT2D eigenvalue weighted by molar-refractivity contribution is 5.94. The van der Waals surface area contributed by atoms with Crippen LogP contribution >= 0.6 is 0 Å². The first-order valence-corrected chi connectivity index (χ1v) is 10.9. The van der Waals surface area contributed by atoms with Gasteiger partial charge in [0.05, 0.1) is 12.6 Å². The van der Waals surface area contributed by atoms with Crippen molar-refractivity contribution in [3.05, 3.63) is 63.7 Å². The van der Waals surface area contributed by atoms with Crippen molar-refractivity contribution < 1.29 is 19.4 Å². The van der Waals surface area contributed by atoms with Gasteiger partial charge in [-0.15, -0.1) is 0 Å². The average molecular weight is 435 g/mol. The number of ether oxygens (including phenoxy) is 1. The van der Waals surface area contributed by atoms with E-state index in [0.717, 1.165) is 50.9 Å². The zero-order chi connectivity index (χ0) is 23.8. The van der Waals surface area contributed by atoms with Crippen LogP contribution in [0.3, 0.4) is 0 Å². The van der Waals surface area contributed by atoms with E-state index >= 15 is 0 Å². The zero-order valence-electron chi connectivity index (χ0n) is 20.0. The average Bonchev–Trinajstić information content (AvgIpc) is 3.13. The third kappa shape index (κ3) is 4.87. The lowest BCUT2D eigenvalue weighted by Crippen LogP contribution is -2.21. The van der Waals surface area contributed by atoms with E-state index in [2.05, 4.69) is 26.1 Å². The summed E-state index contributed by atoms with van der Waals surface area (Å²) in [6.45, 7) is 14.5. The molecule has 1 atom stereocenters. The minimum absolute atomic E-state index is 0.0121. The van der Waals surface area contributed by atoms with E-state index in [0.29, 0.717) is 18.6 Å². The largest absolute Gasteiger partial charge is 0.545 e. The number of aliphatic carboxylic acids is 1. The van der Waals surface area contributed by atoms with Crippen molar-refractivity contribution in [1.82, 2.24) is 0 Å². The first-order valence-electron chi connectivity index (χ1n) is 10.9. The molecule has 1 aliphatic rings. The molecule has 0 fully saturated rings. The molecule has 1 N–H and O–H groups in total. The minimum Gasteiger partial charge on any atom is -0.545 e. The number of carbonyl (C=O) groups is 2. The lowest BCUT2D eigenvalue weighted by Gasteiger charge is -2.22. The molecule has 0 radical (unpaired) electrons. The maximum atomic E-state index is 12.7. The number of carboxylic acids is 1. The van der Waals surface area contributed by atoms with Crippen LogP contribution in [-0.4, -0.2) is 18.5 Å². The second-order valence-corrected chi connectivity index (χ2v) is 9.91. The van der Waals surface area contributed by atoms with Crippen molar-refractivity contribution in [1.29, 1.82) is 0 Å². The van der Waals surface area contributed by atoms with E-state index < -0.39 is 5.97 Å². The molecule has 0 saturated carbocycles. The van der Waals surface area contributed by atoms with E-state index in [1.54, 1.807) is 6.92 Å². The molecule has 0 aromatic heterocycles. The van der Waals surface area contributed by atoms with Gasteiger partial charge in [-0.25, -0.2) is 0 Å². The maximum Gasteiger partial charge on any atom is 0.224 e. The minimum atomic E-state index is -1.20. The molecule has 5 heteroatoms.